The first-order valence-corrected chi connectivity index (χ1v) is 7.67. The van der Waals surface area contributed by atoms with Crippen LogP contribution in [0.15, 0.2) is 24.3 Å². The van der Waals surface area contributed by atoms with Crippen LogP contribution in [-0.4, -0.2) is 24.6 Å². The highest BCUT2D eigenvalue weighted by Crippen LogP contribution is 2.18. The molecule has 0 radical (unpaired) electrons. The van der Waals surface area contributed by atoms with Crippen molar-refractivity contribution in [2.24, 2.45) is 11.7 Å². The highest BCUT2D eigenvalue weighted by Gasteiger charge is 2.08. The Balaban J connectivity index is 2.44. The van der Waals surface area contributed by atoms with Gasteiger partial charge in [0.15, 0.2) is 0 Å². The predicted octanol–water partition coefficient (Wildman–Crippen LogP) is 2.79. The van der Waals surface area contributed by atoms with Gasteiger partial charge >= 0.3 is 5.97 Å². The lowest BCUT2D eigenvalue weighted by Gasteiger charge is -2.12. The number of thioether (sulfide) groups is 1. The molecule has 0 heterocycles. The van der Waals surface area contributed by atoms with Crippen molar-refractivity contribution in [2.45, 2.75) is 26.3 Å². The number of hydrogen-bond donors (Lipinski definition) is 1. The lowest BCUT2D eigenvalue weighted by molar-refractivity contribution is -0.137. The van der Waals surface area contributed by atoms with E-state index >= 15 is 0 Å². The standard InChI is InChI=1S/C15H23NO2S/c1-11(2)8-12-4-6-13(7-5-12)14(16)9-19-10-15(17)18-3/h4-7,11,14H,8-10,16H2,1-3H3. The first-order valence-electron chi connectivity index (χ1n) is 6.52. The van der Waals surface area contributed by atoms with Gasteiger partial charge < -0.3 is 10.5 Å². The topological polar surface area (TPSA) is 52.3 Å². The molecule has 1 aromatic rings. The molecule has 0 amide bonds. The van der Waals surface area contributed by atoms with Gasteiger partial charge in [-0.05, 0) is 23.5 Å². The minimum atomic E-state index is -0.204. The molecule has 2 N–H and O–H groups in total. The SMILES string of the molecule is COC(=O)CSCC(N)c1ccc(CC(C)C)cc1. The van der Waals surface area contributed by atoms with Gasteiger partial charge in [0.05, 0.1) is 12.9 Å². The predicted molar refractivity (Wildman–Crippen MR) is 81.3 cm³/mol. The summed E-state index contributed by atoms with van der Waals surface area (Å²) in [7, 11) is 1.40. The molecular weight excluding hydrogens is 258 g/mol. The van der Waals surface area contributed by atoms with Gasteiger partial charge in [-0.2, -0.15) is 0 Å². The largest absolute Gasteiger partial charge is 0.468 e. The molecule has 0 aliphatic rings. The van der Waals surface area contributed by atoms with Crippen molar-refractivity contribution >= 4 is 17.7 Å². The van der Waals surface area contributed by atoms with Crippen molar-refractivity contribution < 1.29 is 9.53 Å². The second-order valence-corrected chi connectivity index (χ2v) is 6.07. The van der Waals surface area contributed by atoms with Gasteiger partial charge in [0.25, 0.3) is 0 Å². The Labute approximate surface area is 119 Å². The number of carbonyl (C=O) groups excluding carboxylic acids is 1. The van der Waals surface area contributed by atoms with Crippen LogP contribution >= 0.6 is 11.8 Å². The third-order valence-corrected chi connectivity index (χ3v) is 3.83. The third kappa shape index (κ3) is 6.12. The van der Waals surface area contributed by atoms with E-state index in [4.69, 9.17) is 5.73 Å². The lowest BCUT2D eigenvalue weighted by atomic mass is 10.0. The molecule has 1 unspecified atom stereocenters. The van der Waals surface area contributed by atoms with Crippen molar-refractivity contribution in [1.29, 1.82) is 0 Å². The molecule has 0 aliphatic heterocycles. The summed E-state index contributed by atoms with van der Waals surface area (Å²) in [5, 5.41) is 0. The quantitative estimate of drug-likeness (QED) is 0.781. The van der Waals surface area contributed by atoms with E-state index in [1.165, 1.54) is 24.4 Å². The normalized spacial score (nSPS) is 12.5. The summed E-state index contributed by atoms with van der Waals surface area (Å²) in [5.74, 6) is 1.54. The summed E-state index contributed by atoms with van der Waals surface area (Å²) >= 11 is 1.50. The van der Waals surface area contributed by atoms with E-state index in [1.54, 1.807) is 0 Å². The molecule has 1 aromatic carbocycles. The number of hydrogen-bond acceptors (Lipinski definition) is 4. The van der Waals surface area contributed by atoms with Crippen LogP contribution in [0.25, 0.3) is 0 Å². The van der Waals surface area contributed by atoms with Crippen molar-refractivity contribution in [3.05, 3.63) is 35.4 Å². The van der Waals surface area contributed by atoms with Gasteiger partial charge in [-0.3, -0.25) is 4.79 Å². The summed E-state index contributed by atoms with van der Waals surface area (Å²) < 4.78 is 4.59. The zero-order chi connectivity index (χ0) is 14.3. The highest BCUT2D eigenvalue weighted by molar-refractivity contribution is 7.99. The van der Waals surface area contributed by atoms with E-state index in [-0.39, 0.29) is 12.0 Å². The van der Waals surface area contributed by atoms with Crippen molar-refractivity contribution in [1.82, 2.24) is 0 Å². The smallest absolute Gasteiger partial charge is 0.315 e. The Kier molecular flexibility index (Phi) is 6.95. The molecule has 1 atom stereocenters. The average Bonchev–Trinajstić information content (AvgIpc) is 2.38. The number of benzene rings is 1. The van der Waals surface area contributed by atoms with Crippen LogP contribution in [0.3, 0.4) is 0 Å². The molecule has 0 fully saturated rings. The maximum atomic E-state index is 11.0. The summed E-state index contributed by atoms with van der Waals surface area (Å²) in [5.41, 5.74) is 8.56. The number of nitrogens with two attached hydrogens (primary N) is 1. The first kappa shape index (κ1) is 16.1. The minimum Gasteiger partial charge on any atom is -0.468 e. The number of ether oxygens (including phenoxy) is 1. The first-order chi connectivity index (χ1) is 9.02. The maximum absolute atomic E-state index is 11.0. The van der Waals surface area contributed by atoms with E-state index in [1.807, 2.05) is 0 Å². The van der Waals surface area contributed by atoms with Crippen LogP contribution in [0.1, 0.15) is 31.0 Å². The molecule has 0 aromatic heterocycles. The number of carbonyl (C=O) groups is 1. The average molecular weight is 281 g/mol. The zero-order valence-corrected chi connectivity index (χ0v) is 12.7. The van der Waals surface area contributed by atoms with E-state index in [0.29, 0.717) is 11.7 Å². The molecule has 0 saturated heterocycles. The molecule has 0 bridgehead atoms. The van der Waals surface area contributed by atoms with Gasteiger partial charge in [-0.15, -0.1) is 11.8 Å². The van der Waals surface area contributed by atoms with Crippen LogP contribution < -0.4 is 5.73 Å². The maximum Gasteiger partial charge on any atom is 0.315 e. The van der Waals surface area contributed by atoms with Crippen LogP contribution in [0.2, 0.25) is 0 Å². The van der Waals surface area contributed by atoms with Crippen LogP contribution in [0, 0.1) is 5.92 Å². The summed E-state index contributed by atoms with van der Waals surface area (Å²) in [6.45, 7) is 4.42. The number of rotatable bonds is 7. The molecular formula is C15H23NO2S. The van der Waals surface area contributed by atoms with Crippen LogP contribution in [0.5, 0.6) is 0 Å². The van der Waals surface area contributed by atoms with Gasteiger partial charge in [-0.25, -0.2) is 0 Å². The fourth-order valence-electron chi connectivity index (χ4n) is 1.80. The van der Waals surface area contributed by atoms with Crippen LogP contribution in [-0.2, 0) is 16.0 Å². The summed E-state index contributed by atoms with van der Waals surface area (Å²) in [6, 6.07) is 8.41. The number of methoxy groups -OCH3 is 1. The monoisotopic (exact) mass is 281 g/mol. The fraction of sp³-hybridized carbons (Fsp3) is 0.533. The third-order valence-electron chi connectivity index (χ3n) is 2.80. The summed E-state index contributed by atoms with van der Waals surface area (Å²) in [6.07, 6.45) is 1.09. The molecule has 19 heavy (non-hydrogen) atoms. The van der Waals surface area contributed by atoms with E-state index in [9.17, 15) is 4.79 Å². The van der Waals surface area contributed by atoms with Gasteiger partial charge in [0, 0.05) is 11.8 Å². The second kappa shape index (κ2) is 8.23. The Morgan fingerprint density at radius 1 is 1.32 bits per heavy atom. The molecule has 0 aliphatic carbocycles. The Hall–Kier alpha value is -1.00. The number of esters is 1. The molecule has 106 valence electrons. The van der Waals surface area contributed by atoms with E-state index < -0.39 is 0 Å². The van der Waals surface area contributed by atoms with Crippen molar-refractivity contribution in [3.8, 4) is 0 Å². The Morgan fingerprint density at radius 2 is 1.95 bits per heavy atom. The Bertz CT molecular complexity index is 390. The highest BCUT2D eigenvalue weighted by atomic mass is 32.2. The fourth-order valence-corrected chi connectivity index (χ4v) is 2.65. The summed E-state index contributed by atoms with van der Waals surface area (Å²) in [4.78, 5) is 11.0. The Morgan fingerprint density at radius 3 is 2.47 bits per heavy atom. The lowest BCUT2D eigenvalue weighted by Crippen LogP contribution is -2.15. The van der Waals surface area contributed by atoms with Gasteiger partial charge in [0.1, 0.15) is 0 Å². The van der Waals surface area contributed by atoms with E-state index in [0.717, 1.165) is 17.7 Å². The minimum absolute atomic E-state index is 0.0391. The molecule has 4 heteroatoms. The molecule has 0 spiro atoms. The second-order valence-electron chi connectivity index (χ2n) is 5.04. The van der Waals surface area contributed by atoms with Crippen LogP contribution in [0.4, 0.5) is 0 Å². The van der Waals surface area contributed by atoms with Gasteiger partial charge in [0.2, 0.25) is 0 Å². The zero-order valence-electron chi connectivity index (χ0n) is 11.9. The molecule has 3 nitrogen and oxygen atoms in total. The van der Waals surface area contributed by atoms with Crippen molar-refractivity contribution in [3.63, 3.8) is 0 Å². The molecule has 1 rings (SSSR count). The van der Waals surface area contributed by atoms with Gasteiger partial charge in [-0.1, -0.05) is 38.1 Å². The van der Waals surface area contributed by atoms with E-state index in [2.05, 4.69) is 42.8 Å². The molecule has 0 saturated carbocycles. The van der Waals surface area contributed by atoms with Crippen molar-refractivity contribution in [2.75, 3.05) is 18.6 Å².